The molecule has 3 heterocycles. The van der Waals surface area contributed by atoms with Crippen molar-refractivity contribution in [3.8, 4) is 0 Å². The smallest absolute Gasteiger partial charge is 0.410 e. The molecule has 6 rings (SSSR count). The first kappa shape index (κ1) is 64.5. The highest BCUT2D eigenvalue weighted by Gasteiger charge is 2.35. The minimum Gasteiger partial charge on any atom is -2.00 e. The van der Waals surface area contributed by atoms with Crippen LogP contribution in [0.1, 0.15) is 166 Å². The standard InChI is InChI=1S/C20H39N3O2.C17H33N3O2.C15H31N3.ClH.H2O.O/c1-16(2)21-15-18(17-9-7-6-8-10-17)22-11-13-23(14-12-22)19(24)25-20(3,4)5;1-17(2,3)22-16(21)20-11-9-19(10-12-20)15(13-18)14-7-5-4-6-8-14;1-13(2)17-12-15(14-6-4-3-5-7-14)18-10-8-16-9-11-18;;;/h16-18,21H,6-15H2,1-5H3;14-15H,4-13,18H2,1-3H3;13-17H,3-12H2,1-2H3;1H;1H2;/q;;;;;-2/p-1. The van der Waals surface area contributed by atoms with E-state index in [-0.39, 0.29) is 35.5 Å². The Bertz CT molecular complexity index is 1280. The molecular formula is C52H105ClN9O6-3. The molecule has 68 heavy (non-hydrogen) atoms. The fourth-order valence-corrected chi connectivity index (χ4v) is 11.2. The van der Waals surface area contributed by atoms with Gasteiger partial charge in [-0.2, -0.15) is 0 Å². The summed E-state index contributed by atoms with van der Waals surface area (Å²) in [6.45, 7) is 35.1. The molecular weight excluding hydrogens is 882 g/mol. The third-order valence-corrected chi connectivity index (χ3v) is 14.8. The Labute approximate surface area is 422 Å². The van der Waals surface area contributed by atoms with Crippen molar-refractivity contribution in [1.29, 1.82) is 0 Å². The largest absolute Gasteiger partial charge is 2.00 e. The zero-order valence-corrected chi connectivity index (χ0v) is 45.9. The van der Waals surface area contributed by atoms with Crippen LogP contribution in [-0.2, 0) is 14.9 Å². The third kappa shape index (κ3) is 23.8. The maximum atomic E-state index is 12.3. The lowest BCUT2D eigenvalue weighted by Gasteiger charge is -2.43. The van der Waals surface area contributed by atoms with E-state index in [4.69, 9.17) is 15.2 Å². The van der Waals surface area contributed by atoms with Crippen molar-refractivity contribution in [3.05, 3.63) is 0 Å². The predicted molar refractivity (Wildman–Crippen MR) is 279 cm³/mol. The highest BCUT2D eigenvalue weighted by molar-refractivity contribution is 5.85. The molecule has 6 N–H and O–H groups in total. The van der Waals surface area contributed by atoms with E-state index >= 15 is 0 Å². The van der Waals surface area contributed by atoms with Gasteiger partial charge in [-0.3, -0.25) is 14.7 Å². The number of hydrogen-bond acceptors (Lipinski definition) is 12. The zero-order chi connectivity index (χ0) is 47.4. The van der Waals surface area contributed by atoms with Gasteiger partial charge >= 0.3 is 12.2 Å². The summed E-state index contributed by atoms with van der Waals surface area (Å²) in [5.41, 5.74) is 5.23. The Morgan fingerprint density at radius 3 is 1.12 bits per heavy atom. The summed E-state index contributed by atoms with van der Waals surface area (Å²) in [6.07, 6.45) is 20.5. The van der Waals surface area contributed by atoms with E-state index < -0.39 is 11.2 Å². The van der Waals surface area contributed by atoms with E-state index in [9.17, 15) is 9.59 Å². The Morgan fingerprint density at radius 2 is 0.824 bits per heavy atom. The van der Waals surface area contributed by atoms with E-state index in [0.29, 0.717) is 24.2 Å². The first-order chi connectivity index (χ1) is 30.9. The number of nitrogens with one attached hydrogen (secondary N) is 3. The van der Waals surface area contributed by atoms with E-state index in [1.807, 2.05) is 51.3 Å². The Kier molecular flexibility index (Phi) is 31.5. The van der Waals surface area contributed by atoms with Crippen molar-refractivity contribution in [2.45, 2.75) is 207 Å². The molecule has 2 amide bonds. The van der Waals surface area contributed by atoms with Crippen LogP contribution in [0.2, 0.25) is 0 Å². The molecule has 3 atom stereocenters. The molecule has 3 aliphatic carbocycles. The zero-order valence-electron chi connectivity index (χ0n) is 45.0. The molecule has 3 saturated heterocycles. The number of carbonyl (C=O) groups is 2. The molecule has 16 heteroatoms. The van der Waals surface area contributed by atoms with Gasteiger partial charge in [0.2, 0.25) is 0 Å². The monoisotopic (exact) mass is 987 g/mol. The summed E-state index contributed by atoms with van der Waals surface area (Å²) in [4.78, 5) is 36.0. The second-order valence-electron chi connectivity index (χ2n) is 23.1. The van der Waals surface area contributed by atoms with Crippen molar-refractivity contribution in [2.24, 2.45) is 23.5 Å². The van der Waals surface area contributed by atoms with Gasteiger partial charge in [0, 0.05) is 128 Å². The molecule has 0 aromatic heterocycles. The Balaban J connectivity index is 0.000000505. The lowest BCUT2D eigenvalue weighted by Crippen LogP contribution is -2.57. The molecule has 0 spiro atoms. The summed E-state index contributed by atoms with van der Waals surface area (Å²) < 4.78 is 11.0. The number of carbonyl (C=O) groups excluding carboxylic acids is 2. The van der Waals surface area contributed by atoms with Gasteiger partial charge in [-0.15, -0.1) is 12.4 Å². The molecule has 3 saturated carbocycles. The van der Waals surface area contributed by atoms with Crippen molar-refractivity contribution in [2.75, 3.05) is 98.2 Å². The van der Waals surface area contributed by atoms with Gasteiger partial charge in [0.15, 0.2) is 0 Å². The van der Waals surface area contributed by atoms with Crippen LogP contribution >= 0.6 is 12.4 Å². The highest BCUT2D eigenvalue weighted by Crippen LogP contribution is 2.32. The summed E-state index contributed by atoms with van der Waals surface area (Å²) in [7, 11) is 0. The summed E-state index contributed by atoms with van der Waals surface area (Å²) in [5, 5.41) is 10.8. The number of rotatable bonds is 13. The fourth-order valence-electron chi connectivity index (χ4n) is 11.2. The van der Waals surface area contributed by atoms with Gasteiger partial charge in [-0.05, 0) is 97.8 Å². The normalized spacial score (nSPS) is 22.5. The summed E-state index contributed by atoms with van der Waals surface area (Å²) in [5.74, 6) is 2.48. The first-order valence-corrected chi connectivity index (χ1v) is 27.0. The van der Waals surface area contributed by atoms with Crippen LogP contribution in [0.15, 0.2) is 0 Å². The molecule has 15 nitrogen and oxygen atoms in total. The van der Waals surface area contributed by atoms with Crippen LogP contribution in [0, 0.1) is 17.8 Å². The average molecular weight is 988 g/mol. The number of nitrogens with two attached hydrogens (primary N) is 1. The molecule has 6 aliphatic rings. The second kappa shape index (κ2) is 33.2. The number of hydrogen-bond donors (Lipinski definition) is 4. The summed E-state index contributed by atoms with van der Waals surface area (Å²) >= 11 is 0. The van der Waals surface area contributed by atoms with Gasteiger partial charge < -0.3 is 51.9 Å². The van der Waals surface area contributed by atoms with E-state index in [2.05, 4.69) is 58.3 Å². The van der Waals surface area contributed by atoms with Crippen LogP contribution in [0.25, 0.3) is 0 Å². The van der Waals surface area contributed by atoms with Crippen molar-refractivity contribution in [1.82, 2.24) is 40.4 Å². The minimum atomic E-state index is -0.421. The van der Waals surface area contributed by atoms with Crippen molar-refractivity contribution < 1.29 is 30.0 Å². The van der Waals surface area contributed by atoms with Crippen molar-refractivity contribution >= 4 is 24.6 Å². The molecule has 0 radical (unpaired) electrons. The molecule has 404 valence electrons. The van der Waals surface area contributed by atoms with E-state index in [1.165, 1.54) is 129 Å². The van der Waals surface area contributed by atoms with Crippen LogP contribution < -0.4 is 21.7 Å². The van der Waals surface area contributed by atoms with Crippen LogP contribution in [-0.4, -0.2) is 182 Å². The molecule has 0 aromatic rings. The molecule has 3 unspecified atom stereocenters. The molecule has 0 bridgehead atoms. The second-order valence-corrected chi connectivity index (χ2v) is 23.1. The SMILES string of the molecule is CC(C)(C)OC(=O)N1CCN(C(CN)C2CCCCC2)CC1.CC(C)NCC(C1CCCCC1)N1CCN(C(=O)OC(C)(C)C)CC1.CC(C)NCC(C1CCCCC1)N1CCNCC1.Cl.[O-2].[OH-]. The summed E-state index contributed by atoms with van der Waals surface area (Å²) in [6, 6.07) is 2.99. The van der Waals surface area contributed by atoms with Gasteiger partial charge in [0.1, 0.15) is 11.2 Å². The lowest BCUT2D eigenvalue weighted by molar-refractivity contribution is 0.00432. The number of piperazine rings is 3. The number of halogens is 1. The van der Waals surface area contributed by atoms with Crippen LogP contribution in [0.4, 0.5) is 9.59 Å². The third-order valence-electron chi connectivity index (χ3n) is 14.8. The van der Waals surface area contributed by atoms with Crippen LogP contribution in [0.5, 0.6) is 0 Å². The molecule has 3 aliphatic heterocycles. The quantitative estimate of drug-likeness (QED) is 0.140. The maximum Gasteiger partial charge on any atom is 0.410 e. The Morgan fingerprint density at radius 1 is 0.529 bits per heavy atom. The van der Waals surface area contributed by atoms with Crippen molar-refractivity contribution in [3.63, 3.8) is 0 Å². The molecule has 6 fully saturated rings. The van der Waals surface area contributed by atoms with Gasteiger partial charge in [-0.1, -0.05) is 85.5 Å². The predicted octanol–water partition coefficient (Wildman–Crippen LogP) is 7.90. The number of amides is 2. The first-order valence-electron chi connectivity index (χ1n) is 27.0. The maximum absolute atomic E-state index is 12.3. The Hall–Kier alpha value is -1.53. The number of nitrogens with zero attached hydrogens (tertiary/aromatic N) is 5. The fraction of sp³-hybridized carbons (Fsp3) is 0.962. The number of ether oxygens (including phenoxy) is 2. The molecule has 0 aromatic carbocycles. The average Bonchev–Trinajstić information content (AvgIpc) is 3.28. The van der Waals surface area contributed by atoms with E-state index in [1.54, 1.807) is 0 Å². The van der Waals surface area contributed by atoms with Crippen LogP contribution in [0.3, 0.4) is 0 Å². The topological polar surface area (TPSA) is 189 Å². The van der Waals surface area contributed by atoms with Gasteiger partial charge in [0.25, 0.3) is 0 Å². The van der Waals surface area contributed by atoms with E-state index in [0.717, 1.165) is 89.2 Å². The minimum absolute atomic E-state index is 0. The van der Waals surface area contributed by atoms with Gasteiger partial charge in [0.05, 0.1) is 0 Å². The highest BCUT2D eigenvalue weighted by atomic mass is 35.5. The van der Waals surface area contributed by atoms with Gasteiger partial charge in [-0.25, -0.2) is 9.59 Å². The lowest BCUT2D eigenvalue weighted by atomic mass is 9.83.